The normalized spacial score (nSPS) is 19.9. The summed E-state index contributed by atoms with van der Waals surface area (Å²) in [5.41, 5.74) is 3.65. The number of hydrogen-bond donors (Lipinski definition) is 2. The van der Waals surface area contributed by atoms with Crippen LogP contribution in [-0.2, 0) is 27.2 Å². The number of carbonyl (C=O) groups excluding carboxylic acids is 2. The number of aliphatic carboxylic acids is 1. The van der Waals surface area contributed by atoms with Crippen molar-refractivity contribution in [3.8, 4) is 5.75 Å². The Kier molecular flexibility index (Phi) is 6.80. The molecule has 36 heavy (non-hydrogen) atoms. The van der Waals surface area contributed by atoms with E-state index in [4.69, 9.17) is 9.72 Å². The fourth-order valence-electron chi connectivity index (χ4n) is 5.45. The Morgan fingerprint density at radius 1 is 1.28 bits per heavy atom. The quantitative estimate of drug-likeness (QED) is 0.582. The minimum Gasteiger partial charge on any atom is -0.482 e. The Morgan fingerprint density at radius 2 is 2.14 bits per heavy atom. The van der Waals surface area contributed by atoms with Crippen LogP contribution in [0.2, 0.25) is 0 Å². The number of aryl methyl sites for hydroxylation is 2. The van der Waals surface area contributed by atoms with Crippen molar-refractivity contribution in [2.24, 2.45) is 5.92 Å². The average Bonchev–Trinajstić information content (AvgIpc) is 3.24. The van der Waals surface area contributed by atoms with E-state index in [-0.39, 0.29) is 30.8 Å². The molecule has 0 bridgehead atoms. The van der Waals surface area contributed by atoms with E-state index in [0.717, 1.165) is 50.2 Å². The molecule has 9 heteroatoms. The van der Waals surface area contributed by atoms with Gasteiger partial charge < -0.3 is 25.0 Å². The van der Waals surface area contributed by atoms with Gasteiger partial charge in [0.1, 0.15) is 11.6 Å². The number of likely N-dealkylation sites (N-methyl/N-ethyl adjacent to an activating group) is 1. The number of hydrogen-bond acceptors (Lipinski definition) is 6. The molecule has 2 amide bonds. The Morgan fingerprint density at radius 3 is 2.97 bits per heavy atom. The highest BCUT2D eigenvalue weighted by atomic mass is 16.5. The van der Waals surface area contributed by atoms with Crippen LogP contribution in [0.15, 0.2) is 30.3 Å². The highest BCUT2D eigenvalue weighted by Gasteiger charge is 2.37. The zero-order chi connectivity index (χ0) is 25.2. The zero-order valence-corrected chi connectivity index (χ0v) is 20.5. The van der Waals surface area contributed by atoms with Gasteiger partial charge in [0.05, 0.1) is 18.2 Å². The third-order valence-electron chi connectivity index (χ3n) is 7.49. The Hall–Kier alpha value is -3.62. The number of amides is 2. The Balaban J connectivity index is 1.24. The third kappa shape index (κ3) is 4.87. The van der Waals surface area contributed by atoms with Crippen molar-refractivity contribution in [2.75, 3.05) is 37.0 Å². The van der Waals surface area contributed by atoms with E-state index in [1.54, 1.807) is 30.1 Å². The molecule has 2 N–H and O–H groups in total. The summed E-state index contributed by atoms with van der Waals surface area (Å²) in [6.45, 7) is 1.42. The zero-order valence-electron chi connectivity index (χ0n) is 20.5. The fourth-order valence-corrected chi connectivity index (χ4v) is 5.45. The maximum atomic E-state index is 13.3. The second-order valence-corrected chi connectivity index (χ2v) is 9.83. The topological polar surface area (TPSA) is 112 Å². The van der Waals surface area contributed by atoms with Crippen LogP contribution in [0.5, 0.6) is 5.75 Å². The molecule has 1 aromatic carbocycles. The number of nitrogens with zero attached hydrogens (tertiary/aromatic N) is 3. The molecule has 2 aromatic rings. The number of carboxylic acids is 1. The molecule has 2 atom stereocenters. The van der Waals surface area contributed by atoms with E-state index in [1.807, 2.05) is 0 Å². The van der Waals surface area contributed by atoms with Gasteiger partial charge in [-0.25, -0.2) is 4.98 Å². The van der Waals surface area contributed by atoms with Gasteiger partial charge in [-0.1, -0.05) is 12.1 Å². The van der Waals surface area contributed by atoms with E-state index >= 15 is 0 Å². The van der Waals surface area contributed by atoms with Gasteiger partial charge >= 0.3 is 5.97 Å². The van der Waals surface area contributed by atoms with E-state index in [1.165, 1.54) is 10.5 Å². The smallest absolute Gasteiger partial charge is 0.305 e. The van der Waals surface area contributed by atoms with Crippen LogP contribution in [0.3, 0.4) is 0 Å². The molecule has 1 saturated heterocycles. The first-order valence-corrected chi connectivity index (χ1v) is 12.7. The number of fused-ring (bicyclic) bond motifs is 2. The van der Waals surface area contributed by atoms with Crippen LogP contribution < -0.4 is 15.0 Å². The minimum absolute atomic E-state index is 0.00671. The largest absolute Gasteiger partial charge is 0.482 e. The number of anilines is 2. The van der Waals surface area contributed by atoms with Crippen molar-refractivity contribution >= 4 is 29.3 Å². The third-order valence-corrected chi connectivity index (χ3v) is 7.49. The number of benzene rings is 1. The molecule has 0 aliphatic carbocycles. The predicted octanol–water partition coefficient (Wildman–Crippen LogP) is 3.18. The molecule has 9 nitrogen and oxygen atoms in total. The van der Waals surface area contributed by atoms with Crippen LogP contribution in [-0.4, -0.2) is 59.5 Å². The lowest BCUT2D eigenvalue weighted by Gasteiger charge is -2.30. The lowest BCUT2D eigenvalue weighted by Crippen LogP contribution is -2.36. The molecule has 5 rings (SSSR count). The first-order chi connectivity index (χ1) is 17.4. The summed E-state index contributed by atoms with van der Waals surface area (Å²) in [6.07, 6.45) is 5.14. The van der Waals surface area contributed by atoms with Crippen molar-refractivity contribution in [1.82, 2.24) is 9.88 Å². The summed E-state index contributed by atoms with van der Waals surface area (Å²) in [4.78, 5) is 44.9. The summed E-state index contributed by atoms with van der Waals surface area (Å²) >= 11 is 0. The molecular formula is C27H32N4O5. The second-order valence-electron chi connectivity index (χ2n) is 9.83. The lowest BCUT2D eigenvalue weighted by molar-refractivity contribution is -0.140. The Bertz CT molecular complexity index is 1180. The van der Waals surface area contributed by atoms with Gasteiger partial charge in [-0.2, -0.15) is 0 Å². The predicted molar refractivity (Wildman–Crippen MR) is 134 cm³/mol. The summed E-state index contributed by atoms with van der Waals surface area (Å²) in [5, 5.41) is 13.0. The van der Waals surface area contributed by atoms with Gasteiger partial charge in [-0.05, 0) is 67.9 Å². The van der Waals surface area contributed by atoms with Crippen LogP contribution in [0, 0.1) is 5.92 Å². The maximum Gasteiger partial charge on any atom is 0.305 e. The van der Waals surface area contributed by atoms with Crippen molar-refractivity contribution in [1.29, 1.82) is 0 Å². The molecule has 3 aliphatic heterocycles. The highest BCUT2D eigenvalue weighted by Crippen LogP contribution is 2.38. The van der Waals surface area contributed by atoms with E-state index in [2.05, 4.69) is 17.4 Å². The van der Waals surface area contributed by atoms with Crippen molar-refractivity contribution < 1.29 is 24.2 Å². The highest BCUT2D eigenvalue weighted by molar-refractivity contribution is 5.97. The van der Waals surface area contributed by atoms with E-state index in [9.17, 15) is 19.5 Å². The summed E-state index contributed by atoms with van der Waals surface area (Å²) in [6, 6.07) is 8.98. The molecule has 3 aliphatic rings. The van der Waals surface area contributed by atoms with Gasteiger partial charge in [0.15, 0.2) is 6.61 Å². The van der Waals surface area contributed by atoms with Crippen molar-refractivity contribution in [3.63, 3.8) is 0 Å². The first-order valence-electron chi connectivity index (χ1n) is 12.7. The minimum atomic E-state index is -0.964. The van der Waals surface area contributed by atoms with Gasteiger partial charge in [-0.15, -0.1) is 0 Å². The second kappa shape index (κ2) is 10.2. The van der Waals surface area contributed by atoms with Crippen LogP contribution >= 0.6 is 0 Å². The number of nitrogens with one attached hydrogen (secondary N) is 1. The van der Waals surface area contributed by atoms with Gasteiger partial charge in [-0.3, -0.25) is 14.4 Å². The van der Waals surface area contributed by atoms with Gasteiger partial charge in [0, 0.05) is 31.7 Å². The number of ether oxygens (including phenoxy) is 1. The molecule has 0 spiro atoms. The monoisotopic (exact) mass is 492 g/mol. The molecule has 1 unspecified atom stereocenters. The summed E-state index contributed by atoms with van der Waals surface area (Å²) in [5.74, 6) is 0.302. The fraction of sp³-hybridized carbons (Fsp3) is 0.481. The Labute approximate surface area is 210 Å². The number of aromatic nitrogens is 1. The molecule has 1 aromatic heterocycles. The number of carboxylic acid groups (broad SMARTS) is 1. The number of rotatable bonds is 8. The first kappa shape index (κ1) is 24.1. The van der Waals surface area contributed by atoms with Crippen LogP contribution in [0.1, 0.15) is 55.0 Å². The standard InChI is InChI=1S/C27H32N4O5/c1-30-21-10-8-19(14-23(21)36-16-24(30)32)22(15-25(33)34)31-13-11-18(27(31)35)4-2-6-20-9-7-17-5-3-12-28-26(17)29-20/h7-10,14,18,22H,2-6,11-13,15-16H2,1H3,(H,28,29)(H,33,34)/t18?,22-/m0/s1. The van der Waals surface area contributed by atoms with E-state index < -0.39 is 12.0 Å². The summed E-state index contributed by atoms with van der Waals surface area (Å²) in [7, 11) is 1.68. The molecule has 0 saturated carbocycles. The molecule has 0 radical (unpaired) electrons. The number of likely N-dealkylation sites (tertiary alicyclic amines) is 1. The number of pyridine rings is 1. The van der Waals surface area contributed by atoms with E-state index in [0.29, 0.717) is 30.0 Å². The van der Waals surface area contributed by atoms with Gasteiger partial charge in [0.2, 0.25) is 5.91 Å². The maximum absolute atomic E-state index is 13.3. The number of carbonyl (C=O) groups is 3. The molecule has 4 heterocycles. The SMILES string of the molecule is CN1C(=O)COc2cc([C@H](CC(=O)O)N3CCC(CCCc4ccc5c(n4)NCCC5)C3=O)ccc21. The lowest BCUT2D eigenvalue weighted by atomic mass is 9.98. The summed E-state index contributed by atoms with van der Waals surface area (Å²) < 4.78 is 5.59. The average molecular weight is 493 g/mol. The van der Waals surface area contributed by atoms with Crippen LogP contribution in [0.25, 0.3) is 0 Å². The van der Waals surface area contributed by atoms with Gasteiger partial charge in [0.25, 0.3) is 5.91 Å². The van der Waals surface area contributed by atoms with Crippen LogP contribution in [0.4, 0.5) is 11.5 Å². The van der Waals surface area contributed by atoms with Crippen molar-refractivity contribution in [2.45, 2.75) is 51.0 Å². The molecular weight excluding hydrogens is 460 g/mol. The molecule has 1 fully saturated rings. The molecule has 190 valence electrons. The van der Waals surface area contributed by atoms with Crippen molar-refractivity contribution in [3.05, 3.63) is 47.2 Å².